The van der Waals surface area contributed by atoms with Crippen molar-refractivity contribution in [1.82, 2.24) is 15.1 Å². The van der Waals surface area contributed by atoms with Crippen LogP contribution in [-0.2, 0) is 13.0 Å². The second-order valence-electron chi connectivity index (χ2n) is 6.74. The Bertz CT molecular complexity index is 385. The lowest BCUT2D eigenvalue weighted by Crippen LogP contribution is -2.37. The molecule has 0 atom stereocenters. The van der Waals surface area contributed by atoms with Crippen LogP contribution in [0.1, 0.15) is 57.5 Å². The molecule has 96 valence electrons. The maximum Gasteiger partial charge on any atom is 0.0695 e. The van der Waals surface area contributed by atoms with Crippen LogP contribution in [0.4, 0.5) is 0 Å². The van der Waals surface area contributed by atoms with Gasteiger partial charge in [0.2, 0.25) is 0 Å². The number of hydrogen-bond donors (Lipinski definition) is 1. The Balaban J connectivity index is 2.14. The fourth-order valence-electron chi connectivity index (χ4n) is 2.66. The van der Waals surface area contributed by atoms with E-state index in [1.807, 2.05) is 0 Å². The summed E-state index contributed by atoms with van der Waals surface area (Å²) < 4.78 is 0. The Morgan fingerprint density at radius 3 is 2.65 bits per heavy atom. The second kappa shape index (κ2) is 4.45. The number of nitrogens with one attached hydrogen (secondary N) is 1. The Labute approximate surface area is 105 Å². The highest BCUT2D eigenvalue weighted by molar-refractivity contribution is 5.29. The summed E-state index contributed by atoms with van der Waals surface area (Å²) in [5.41, 5.74) is 4.45. The molecule has 17 heavy (non-hydrogen) atoms. The summed E-state index contributed by atoms with van der Waals surface area (Å²) in [5.74, 6) is 0.518. The van der Waals surface area contributed by atoms with E-state index in [0.29, 0.717) is 11.3 Å². The topological polar surface area (TPSA) is 31.9 Å². The van der Waals surface area contributed by atoms with Crippen molar-refractivity contribution in [3.63, 3.8) is 0 Å². The minimum atomic E-state index is 0.374. The first-order valence-corrected chi connectivity index (χ1v) is 6.65. The number of rotatable bonds is 2. The molecule has 0 unspecified atom stereocenters. The first-order chi connectivity index (χ1) is 7.87. The van der Waals surface area contributed by atoms with Gasteiger partial charge in [0.05, 0.1) is 5.69 Å². The van der Waals surface area contributed by atoms with Crippen LogP contribution in [0.25, 0.3) is 0 Å². The van der Waals surface area contributed by atoms with E-state index in [9.17, 15) is 0 Å². The summed E-state index contributed by atoms with van der Waals surface area (Å²) >= 11 is 0. The molecule has 1 N–H and O–H groups in total. The predicted octanol–water partition coefficient (Wildman–Crippen LogP) is 2.94. The summed E-state index contributed by atoms with van der Waals surface area (Å²) in [6.45, 7) is 14.7. The van der Waals surface area contributed by atoms with E-state index in [2.05, 4.69) is 49.7 Å². The molecule has 1 aliphatic heterocycles. The third-order valence-electron chi connectivity index (χ3n) is 3.29. The van der Waals surface area contributed by atoms with Crippen LogP contribution < -0.4 is 0 Å². The van der Waals surface area contributed by atoms with Gasteiger partial charge in [0, 0.05) is 37.3 Å². The molecule has 0 aromatic carbocycles. The Hall–Kier alpha value is -0.830. The van der Waals surface area contributed by atoms with Crippen LogP contribution in [0.3, 0.4) is 0 Å². The standard InChI is InChI=1S/C14H25N3/c1-10(2)13-11-8-17(9-14(3,4)5)7-6-12(11)15-16-13/h10H,6-9H2,1-5H3,(H,15,16). The zero-order valence-electron chi connectivity index (χ0n) is 11.8. The van der Waals surface area contributed by atoms with E-state index < -0.39 is 0 Å². The largest absolute Gasteiger partial charge is 0.298 e. The zero-order chi connectivity index (χ0) is 12.6. The van der Waals surface area contributed by atoms with Crippen LogP contribution >= 0.6 is 0 Å². The number of hydrogen-bond acceptors (Lipinski definition) is 2. The number of aromatic nitrogens is 2. The number of nitrogens with zero attached hydrogens (tertiary/aromatic N) is 2. The smallest absolute Gasteiger partial charge is 0.0695 e. The van der Waals surface area contributed by atoms with Gasteiger partial charge in [-0.2, -0.15) is 5.10 Å². The van der Waals surface area contributed by atoms with Crippen molar-refractivity contribution in [2.75, 3.05) is 13.1 Å². The molecule has 0 bridgehead atoms. The van der Waals surface area contributed by atoms with Crippen molar-refractivity contribution in [1.29, 1.82) is 0 Å². The average Bonchev–Trinajstić information content (AvgIpc) is 2.57. The third kappa shape index (κ3) is 2.89. The van der Waals surface area contributed by atoms with E-state index in [1.54, 1.807) is 0 Å². The minimum Gasteiger partial charge on any atom is -0.298 e. The quantitative estimate of drug-likeness (QED) is 0.854. The highest BCUT2D eigenvalue weighted by Crippen LogP contribution is 2.27. The van der Waals surface area contributed by atoms with Crippen molar-refractivity contribution < 1.29 is 0 Å². The van der Waals surface area contributed by atoms with Gasteiger partial charge in [-0.05, 0) is 11.3 Å². The van der Waals surface area contributed by atoms with Gasteiger partial charge < -0.3 is 0 Å². The van der Waals surface area contributed by atoms with E-state index in [1.165, 1.54) is 17.0 Å². The highest BCUT2D eigenvalue weighted by Gasteiger charge is 2.25. The molecule has 0 fully saturated rings. The first kappa shape index (κ1) is 12.6. The van der Waals surface area contributed by atoms with E-state index in [-0.39, 0.29) is 0 Å². The van der Waals surface area contributed by atoms with Crippen LogP contribution in [0.5, 0.6) is 0 Å². The molecule has 0 radical (unpaired) electrons. The third-order valence-corrected chi connectivity index (χ3v) is 3.29. The molecule has 0 saturated heterocycles. The second-order valence-corrected chi connectivity index (χ2v) is 6.74. The molecule has 0 spiro atoms. The monoisotopic (exact) mass is 235 g/mol. The molecule has 0 saturated carbocycles. The van der Waals surface area contributed by atoms with Gasteiger partial charge in [-0.15, -0.1) is 0 Å². The van der Waals surface area contributed by atoms with Gasteiger partial charge in [0.25, 0.3) is 0 Å². The average molecular weight is 235 g/mol. The fraction of sp³-hybridized carbons (Fsp3) is 0.786. The van der Waals surface area contributed by atoms with Gasteiger partial charge in [0.15, 0.2) is 0 Å². The molecule has 1 aliphatic rings. The molecule has 1 aromatic heterocycles. The summed E-state index contributed by atoms with van der Waals surface area (Å²) in [6, 6.07) is 0. The van der Waals surface area contributed by atoms with Gasteiger partial charge in [-0.3, -0.25) is 10.00 Å². The number of H-pyrrole nitrogens is 1. The van der Waals surface area contributed by atoms with Gasteiger partial charge in [-0.1, -0.05) is 34.6 Å². The molecular formula is C14H25N3. The molecule has 3 nitrogen and oxygen atoms in total. The Morgan fingerprint density at radius 2 is 2.06 bits per heavy atom. The van der Waals surface area contributed by atoms with Gasteiger partial charge >= 0.3 is 0 Å². The maximum absolute atomic E-state index is 4.48. The van der Waals surface area contributed by atoms with Gasteiger partial charge in [0.1, 0.15) is 0 Å². The lowest BCUT2D eigenvalue weighted by molar-refractivity contribution is 0.176. The van der Waals surface area contributed by atoms with Crippen molar-refractivity contribution >= 4 is 0 Å². The van der Waals surface area contributed by atoms with Crippen molar-refractivity contribution in [3.8, 4) is 0 Å². The molecule has 1 aromatic rings. The van der Waals surface area contributed by atoms with Crippen molar-refractivity contribution in [3.05, 3.63) is 17.0 Å². The van der Waals surface area contributed by atoms with E-state index in [4.69, 9.17) is 0 Å². The SMILES string of the molecule is CC(C)c1n[nH]c2c1CN(CC(C)(C)C)CC2. The lowest BCUT2D eigenvalue weighted by atomic mass is 9.93. The molecule has 0 amide bonds. The van der Waals surface area contributed by atoms with Crippen LogP contribution in [0, 0.1) is 5.41 Å². The lowest BCUT2D eigenvalue weighted by Gasteiger charge is -2.33. The normalized spacial score (nSPS) is 17.5. The molecule has 0 aliphatic carbocycles. The Morgan fingerprint density at radius 1 is 1.35 bits per heavy atom. The summed E-state index contributed by atoms with van der Waals surface area (Å²) in [7, 11) is 0. The Kier molecular flexibility index (Phi) is 3.30. The van der Waals surface area contributed by atoms with Crippen LogP contribution in [0.15, 0.2) is 0 Å². The van der Waals surface area contributed by atoms with E-state index >= 15 is 0 Å². The van der Waals surface area contributed by atoms with Crippen LogP contribution in [-0.4, -0.2) is 28.2 Å². The molecule has 2 heterocycles. The molecule has 3 heteroatoms. The summed E-state index contributed by atoms with van der Waals surface area (Å²) in [4.78, 5) is 2.56. The predicted molar refractivity (Wildman–Crippen MR) is 71.1 cm³/mol. The maximum atomic E-state index is 4.48. The number of aromatic amines is 1. The minimum absolute atomic E-state index is 0.374. The van der Waals surface area contributed by atoms with Gasteiger partial charge in [-0.25, -0.2) is 0 Å². The first-order valence-electron chi connectivity index (χ1n) is 6.65. The number of fused-ring (bicyclic) bond motifs is 1. The van der Waals surface area contributed by atoms with Crippen molar-refractivity contribution in [2.24, 2.45) is 5.41 Å². The van der Waals surface area contributed by atoms with Crippen molar-refractivity contribution in [2.45, 2.75) is 53.5 Å². The highest BCUT2D eigenvalue weighted by atomic mass is 15.2. The molecule has 2 rings (SSSR count). The summed E-state index contributed by atoms with van der Waals surface area (Å²) in [5, 5.41) is 7.69. The molecular weight excluding hydrogens is 210 g/mol. The summed E-state index contributed by atoms with van der Waals surface area (Å²) in [6.07, 6.45) is 1.12. The van der Waals surface area contributed by atoms with Crippen LogP contribution in [0.2, 0.25) is 0 Å². The zero-order valence-corrected chi connectivity index (χ0v) is 11.8. The fourth-order valence-corrected chi connectivity index (χ4v) is 2.66. The van der Waals surface area contributed by atoms with E-state index in [0.717, 1.165) is 26.1 Å².